The predicted molar refractivity (Wildman–Crippen MR) is 108 cm³/mol. The number of nitrogens with one attached hydrogen (secondary N) is 1. The van der Waals surface area contributed by atoms with Crippen LogP contribution < -0.4 is 5.32 Å². The summed E-state index contributed by atoms with van der Waals surface area (Å²) in [5, 5.41) is 3.09. The Balaban J connectivity index is 1.42. The van der Waals surface area contributed by atoms with Crippen molar-refractivity contribution in [2.45, 2.75) is 63.6 Å². The zero-order valence-corrected chi connectivity index (χ0v) is 17.2. The molecule has 1 spiro atoms. The van der Waals surface area contributed by atoms with Gasteiger partial charge in [-0.15, -0.1) is 11.3 Å². The topological polar surface area (TPSA) is 50.8 Å². The number of rotatable bonds is 5. The molecule has 3 aliphatic heterocycles. The van der Waals surface area contributed by atoms with Crippen molar-refractivity contribution in [3.63, 3.8) is 0 Å². The number of carbonyl (C=O) groups is 1. The molecule has 1 unspecified atom stereocenters. The van der Waals surface area contributed by atoms with Gasteiger partial charge in [0, 0.05) is 37.5 Å². The quantitative estimate of drug-likeness (QED) is 0.835. The van der Waals surface area contributed by atoms with E-state index in [1.807, 2.05) is 0 Å². The van der Waals surface area contributed by atoms with E-state index in [1.54, 1.807) is 11.3 Å². The fourth-order valence-electron chi connectivity index (χ4n) is 4.66. The van der Waals surface area contributed by atoms with Gasteiger partial charge in [-0.2, -0.15) is 0 Å². The molecule has 1 N–H and O–H groups in total. The highest BCUT2D eigenvalue weighted by Crippen LogP contribution is 2.44. The lowest BCUT2D eigenvalue weighted by Gasteiger charge is -2.44. The molecule has 1 aromatic rings. The lowest BCUT2D eigenvalue weighted by atomic mass is 9.82. The van der Waals surface area contributed by atoms with E-state index in [2.05, 4.69) is 23.2 Å². The van der Waals surface area contributed by atoms with E-state index >= 15 is 0 Å². The van der Waals surface area contributed by atoms with Gasteiger partial charge >= 0.3 is 0 Å². The van der Waals surface area contributed by atoms with Crippen LogP contribution in [-0.2, 0) is 21.5 Å². The molecule has 0 aromatic carbocycles. The largest absolute Gasteiger partial charge is 0.376 e. The van der Waals surface area contributed by atoms with Crippen LogP contribution in [-0.4, -0.2) is 56.3 Å². The first-order valence-electron chi connectivity index (χ1n) is 10.6. The van der Waals surface area contributed by atoms with Crippen molar-refractivity contribution in [2.24, 2.45) is 0 Å². The van der Waals surface area contributed by atoms with Gasteiger partial charge in [-0.05, 0) is 56.7 Å². The van der Waals surface area contributed by atoms with Crippen molar-refractivity contribution in [1.82, 2.24) is 10.2 Å². The number of amides is 1. The number of fused-ring (bicyclic) bond motifs is 2. The minimum Gasteiger partial charge on any atom is -0.376 e. The normalized spacial score (nSPS) is 25.3. The van der Waals surface area contributed by atoms with Gasteiger partial charge in [0.05, 0.1) is 23.2 Å². The Morgan fingerprint density at radius 2 is 2.19 bits per heavy atom. The molecule has 4 heterocycles. The van der Waals surface area contributed by atoms with Crippen LogP contribution >= 0.6 is 11.3 Å². The van der Waals surface area contributed by atoms with Gasteiger partial charge in [0.15, 0.2) is 0 Å². The van der Waals surface area contributed by atoms with Gasteiger partial charge in [0.1, 0.15) is 0 Å². The molecule has 0 bridgehead atoms. The molecule has 0 aliphatic carbocycles. The van der Waals surface area contributed by atoms with Crippen LogP contribution in [0, 0.1) is 0 Å². The summed E-state index contributed by atoms with van der Waals surface area (Å²) in [4.78, 5) is 17.4. The standard InChI is InChI=1S/C21H32N2O3S/c1-2-9-23-10-7-21(8-11-23)17-14-19(27-18(17)6-13-26-21)20(24)22-15-16-5-3-4-12-25-16/h14,16H,2-13,15H2,1H3,(H,22,24). The van der Waals surface area contributed by atoms with E-state index < -0.39 is 0 Å². The zero-order chi connectivity index (χ0) is 18.7. The van der Waals surface area contributed by atoms with Crippen LogP contribution in [0.2, 0.25) is 0 Å². The molecule has 1 atom stereocenters. The van der Waals surface area contributed by atoms with E-state index in [9.17, 15) is 4.79 Å². The van der Waals surface area contributed by atoms with Crippen LogP contribution in [0.4, 0.5) is 0 Å². The minimum atomic E-state index is -0.167. The second-order valence-corrected chi connectivity index (χ2v) is 9.22. The lowest BCUT2D eigenvalue weighted by molar-refractivity contribution is -0.0969. The first kappa shape index (κ1) is 19.4. The Morgan fingerprint density at radius 1 is 1.33 bits per heavy atom. The second-order valence-electron chi connectivity index (χ2n) is 8.08. The summed E-state index contributed by atoms with van der Waals surface area (Å²) in [6, 6.07) is 2.12. The highest BCUT2D eigenvalue weighted by molar-refractivity contribution is 7.14. The van der Waals surface area contributed by atoms with Crippen LogP contribution in [0.3, 0.4) is 0 Å². The van der Waals surface area contributed by atoms with Crippen molar-refractivity contribution in [1.29, 1.82) is 0 Å². The molecule has 5 nitrogen and oxygen atoms in total. The number of piperidine rings is 1. The third-order valence-electron chi connectivity index (χ3n) is 6.20. The molecule has 3 aliphatic rings. The molecule has 2 saturated heterocycles. The number of hydrogen-bond acceptors (Lipinski definition) is 5. The van der Waals surface area contributed by atoms with Crippen LogP contribution in [0.5, 0.6) is 0 Å². The maximum Gasteiger partial charge on any atom is 0.261 e. The van der Waals surface area contributed by atoms with Crippen LogP contribution in [0.25, 0.3) is 0 Å². The van der Waals surface area contributed by atoms with Crippen molar-refractivity contribution >= 4 is 17.2 Å². The van der Waals surface area contributed by atoms with Crippen molar-refractivity contribution in [3.8, 4) is 0 Å². The summed E-state index contributed by atoms with van der Waals surface area (Å²) in [5.41, 5.74) is 1.12. The van der Waals surface area contributed by atoms with E-state index in [-0.39, 0.29) is 17.6 Å². The fourth-order valence-corrected chi connectivity index (χ4v) is 5.81. The molecule has 4 rings (SSSR count). The predicted octanol–water partition coefficient (Wildman–Crippen LogP) is 3.32. The molecule has 0 radical (unpaired) electrons. The number of ether oxygens (including phenoxy) is 2. The summed E-state index contributed by atoms with van der Waals surface area (Å²) in [6.07, 6.45) is 7.76. The van der Waals surface area contributed by atoms with Crippen molar-refractivity contribution in [2.75, 3.05) is 39.4 Å². The van der Waals surface area contributed by atoms with E-state index in [0.717, 1.165) is 63.3 Å². The van der Waals surface area contributed by atoms with Gasteiger partial charge < -0.3 is 19.7 Å². The SMILES string of the molecule is CCCN1CCC2(CC1)OCCc1sc(C(=O)NCC3CCCCO3)cc12. The number of carbonyl (C=O) groups excluding carboxylic acids is 1. The molecular formula is C21H32N2O3S. The highest BCUT2D eigenvalue weighted by Gasteiger charge is 2.42. The Bertz CT molecular complexity index is 646. The summed E-state index contributed by atoms with van der Waals surface area (Å²) in [5.74, 6) is 0.0437. The first-order chi connectivity index (χ1) is 13.2. The van der Waals surface area contributed by atoms with Gasteiger partial charge in [-0.25, -0.2) is 0 Å². The number of hydrogen-bond donors (Lipinski definition) is 1. The van der Waals surface area contributed by atoms with Gasteiger partial charge in [0.25, 0.3) is 5.91 Å². The molecule has 2 fully saturated rings. The first-order valence-corrected chi connectivity index (χ1v) is 11.4. The summed E-state index contributed by atoms with van der Waals surface area (Å²) >= 11 is 1.66. The van der Waals surface area contributed by atoms with Gasteiger partial charge in [-0.1, -0.05) is 6.92 Å². The Hall–Kier alpha value is -0.950. The summed E-state index contributed by atoms with van der Waals surface area (Å²) < 4.78 is 12.1. The number of likely N-dealkylation sites (tertiary alicyclic amines) is 1. The van der Waals surface area contributed by atoms with Gasteiger partial charge in [-0.3, -0.25) is 4.79 Å². The smallest absolute Gasteiger partial charge is 0.261 e. The third-order valence-corrected chi connectivity index (χ3v) is 7.39. The Kier molecular flexibility index (Phi) is 6.17. The Morgan fingerprint density at radius 3 is 2.93 bits per heavy atom. The maximum atomic E-state index is 12.7. The van der Waals surface area contributed by atoms with Gasteiger partial charge in [0.2, 0.25) is 0 Å². The highest BCUT2D eigenvalue weighted by atomic mass is 32.1. The molecule has 27 heavy (non-hydrogen) atoms. The fraction of sp³-hybridized carbons (Fsp3) is 0.762. The molecule has 1 aromatic heterocycles. The van der Waals surface area contributed by atoms with E-state index in [4.69, 9.17) is 9.47 Å². The summed E-state index contributed by atoms with van der Waals surface area (Å²) in [7, 11) is 0. The number of nitrogens with zero attached hydrogens (tertiary/aromatic N) is 1. The maximum absolute atomic E-state index is 12.7. The van der Waals surface area contributed by atoms with Crippen LogP contribution in [0.15, 0.2) is 6.07 Å². The minimum absolute atomic E-state index is 0.0437. The third kappa shape index (κ3) is 4.24. The van der Waals surface area contributed by atoms with Crippen molar-refractivity contribution < 1.29 is 14.3 Å². The van der Waals surface area contributed by atoms with Crippen molar-refractivity contribution in [3.05, 3.63) is 21.4 Å². The summed E-state index contributed by atoms with van der Waals surface area (Å²) in [6.45, 7) is 7.80. The molecule has 1 amide bonds. The average Bonchev–Trinajstić information content (AvgIpc) is 3.15. The molecule has 0 saturated carbocycles. The average molecular weight is 393 g/mol. The van der Waals surface area contributed by atoms with E-state index in [0.29, 0.717) is 6.54 Å². The molecular weight excluding hydrogens is 360 g/mol. The van der Waals surface area contributed by atoms with Crippen LogP contribution in [0.1, 0.15) is 65.6 Å². The second kappa shape index (κ2) is 8.60. The number of thiophene rings is 1. The monoisotopic (exact) mass is 392 g/mol. The zero-order valence-electron chi connectivity index (χ0n) is 16.4. The molecule has 6 heteroatoms. The lowest BCUT2D eigenvalue weighted by Crippen LogP contribution is -2.46. The Labute approximate surface area is 166 Å². The van der Waals surface area contributed by atoms with E-state index in [1.165, 1.54) is 29.8 Å². The molecule has 150 valence electrons.